The van der Waals surface area contributed by atoms with E-state index in [1.165, 1.54) is 19.2 Å². The zero-order valence-corrected chi connectivity index (χ0v) is 13.0. The molecular formula is C18H23FO3. The third-order valence-electron chi connectivity index (χ3n) is 4.53. The fourth-order valence-corrected chi connectivity index (χ4v) is 3.14. The number of rotatable bonds is 6. The quantitative estimate of drug-likeness (QED) is 0.753. The van der Waals surface area contributed by atoms with Gasteiger partial charge in [-0.25, -0.2) is 4.39 Å². The Bertz CT molecular complexity index is 502. The molecule has 1 aliphatic rings. The molecule has 1 aromatic rings. The summed E-state index contributed by atoms with van der Waals surface area (Å²) in [5.74, 6) is 0.375. The summed E-state index contributed by atoms with van der Waals surface area (Å²) in [5, 5.41) is 0. The minimum Gasteiger partial charge on any atom is -0.469 e. The molecule has 0 amide bonds. The van der Waals surface area contributed by atoms with Crippen LogP contribution in [-0.2, 0) is 20.7 Å². The van der Waals surface area contributed by atoms with Crippen LogP contribution in [0.5, 0.6) is 0 Å². The average molecular weight is 306 g/mol. The van der Waals surface area contributed by atoms with Crippen LogP contribution >= 0.6 is 0 Å². The normalized spacial score (nSPS) is 21.4. The lowest BCUT2D eigenvalue weighted by Gasteiger charge is -2.26. The summed E-state index contributed by atoms with van der Waals surface area (Å²) in [7, 11) is 1.43. The van der Waals surface area contributed by atoms with Gasteiger partial charge in [-0.2, -0.15) is 0 Å². The molecule has 0 unspecified atom stereocenters. The number of hydrogen-bond acceptors (Lipinski definition) is 3. The van der Waals surface area contributed by atoms with E-state index in [1.807, 2.05) is 0 Å². The molecule has 4 heteroatoms. The first kappa shape index (κ1) is 16.7. The molecule has 0 radical (unpaired) electrons. The van der Waals surface area contributed by atoms with Crippen LogP contribution in [0, 0.1) is 17.7 Å². The molecule has 0 saturated heterocycles. The van der Waals surface area contributed by atoms with Crippen LogP contribution in [0.1, 0.15) is 44.1 Å². The Balaban J connectivity index is 1.69. The van der Waals surface area contributed by atoms with E-state index >= 15 is 0 Å². The maximum atomic E-state index is 12.8. The number of carbonyl (C=O) groups is 2. The number of methoxy groups -OCH3 is 1. The highest BCUT2D eigenvalue weighted by atomic mass is 19.1. The number of Topliss-reactive ketones (excluding diaryl/α,β-unsaturated/α-hetero) is 1. The van der Waals surface area contributed by atoms with E-state index in [-0.39, 0.29) is 23.5 Å². The average Bonchev–Trinajstić information content (AvgIpc) is 2.55. The van der Waals surface area contributed by atoms with E-state index in [9.17, 15) is 14.0 Å². The molecule has 3 nitrogen and oxygen atoms in total. The Morgan fingerprint density at radius 3 is 2.36 bits per heavy atom. The van der Waals surface area contributed by atoms with E-state index in [4.69, 9.17) is 4.74 Å². The standard InChI is InChI=1S/C18H23FO3/c1-22-18(21)15-7-2-13(3-8-15)6-11-17(20)12-14-4-9-16(19)10-5-14/h4-5,9-10,13,15H,2-3,6-8,11-12H2,1H3. The van der Waals surface area contributed by atoms with Crippen molar-refractivity contribution in [1.29, 1.82) is 0 Å². The van der Waals surface area contributed by atoms with Gasteiger partial charge in [0.25, 0.3) is 0 Å². The van der Waals surface area contributed by atoms with Crippen molar-refractivity contribution in [3.05, 3.63) is 35.6 Å². The van der Waals surface area contributed by atoms with Crippen LogP contribution in [0.15, 0.2) is 24.3 Å². The zero-order chi connectivity index (χ0) is 15.9. The van der Waals surface area contributed by atoms with Crippen molar-refractivity contribution in [2.24, 2.45) is 11.8 Å². The van der Waals surface area contributed by atoms with Crippen molar-refractivity contribution in [3.63, 3.8) is 0 Å². The Morgan fingerprint density at radius 2 is 1.77 bits per heavy atom. The van der Waals surface area contributed by atoms with Gasteiger partial charge < -0.3 is 4.74 Å². The Morgan fingerprint density at radius 1 is 1.14 bits per heavy atom. The molecule has 2 rings (SSSR count). The van der Waals surface area contributed by atoms with Crippen molar-refractivity contribution in [2.75, 3.05) is 7.11 Å². The molecule has 1 aliphatic carbocycles. The molecule has 0 bridgehead atoms. The van der Waals surface area contributed by atoms with Crippen molar-refractivity contribution >= 4 is 11.8 Å². The summed E-state index contributed by atoms with van der Waals surface area (Å²) in [4.78, 5) is 23.5. The van der Waals surface area contributed by atoms with Gasteiger partial charge in [-0.05, 0) is 55.7 Å². The fourth-order valence-electron chi connectivity index (χ4n) is 3.14. The topological polar surface area (TPSA) is 43.4 Å². The zero-order valence-electron chi connectivity index (χ0n) is 13.0. The van der Waals surface area contributed by atoms with Gasteiger partial charge in [0.05, 0.1) is 13.0 Å². The lowest BCUT2D eigenvalue weighted by molar-refractivity contribution is -0.146. The second-order valence-corrected chi connectivity index (χ2v) is 6.12. The fraction of sp³-hybridized carbons (Fsp3) is 0.556. The van der Waals surface area contributed by atoms with E-state index in [0.717, 1.165) is 37.7 Å². The monoisotopic (exact) mass is 306 g/mol. The summed E-state index contributed by atoms with van der Waals surface area (Å²) >= 11 is 0. The SMILES string of the molecule is COC(=O)C1CCC(CCC(=O)Cc2ccc(F)cc2)CC1. The summed E-state index contributed by atoms with van der Waals surface area (Å²) in [6.07, 6.45) is 5.52. The van der Waals surface area contributed by atoms with Crippen LogP contribution in [-0.4, -0.2) is 18.9 Å². The van der Waals surface area contributed by atoms with Crippen LogP contribution in [0.25, 0.3) is 0 Å². The van der Waals surface area contributed by atoms with Gasteiger partial charge in [0.15, 0.2) is 0 Å². The second kappa shape index (κ2) is 8.06. The Labute approximate surface area is 130 Å². The molecule has 0 atom stereocenters. The number of ketones is 1. The predicted octanol–water partition coefficient (Wildman–Crippen LogP) is 3.70. The van der Waals surface area contributed by atoms with Gasteiger partial charge in [0.1, 0.15) is 11.6 Å². The highest BCUT2D eigenvalue weighted by molar-refractivity contribution is 5.80. The number of hydrogen-bond donors (Lipinski definition) is 0. The molecule has 1 aromatic carbocycles. The highest BCUT2D eigenvalue weighted by Gasteiger charge is 2.26. The molecule has 1 fully saturated rings. The minimum absolute atomic E-state index is 0.0381. The van der Waals surface area contributed by atoms with E-state index in [1.54, 1.807) is 12.1 Å². The van der Waals surface area contributed by atoms with Crippen molar-refractivity contribution in [1.82, 2.24) is 0 Å². The van der Waals surface area contributed by atoms with Gasteiger partial charge in [0.2, 0.25) is 0 Å². The number of halogens is 1. The summed E-state index contributed by atoms with van der Waals surface area (Å²) < 4.78 is 17.6. The summed E-state index contributed by atoms with van der Waals surface area (Å²) in [6, 6.07) is 6.09. The van der Waals surface area contributed by atoms with E-state index in [2.05, 4.69) is 0 Å². The van der Waals surface area contributed by atoms with Gasteiger partial charge in [0, 0.05) is 12.8 Å². The highest BCUT2D eigenvalue weighted by Crippen LogP contribution is 2.32. The first-order valence-electron chi connectivity index (χ1n) is 7.92. The molecule has 0 spiro atoms. The number of benzene rings is 1. The van der Waals surface area contributed by atoms with Crippen molar-refractivity contribution < 1.29 is 18.7 Å². The summed E-state index contributed by atoms with van der Waals surface area (Å²) in [5.41, 5.74) is 0.862. The van der Waals surface area contributed by atoms with Crippen molar-refractivity contribution in [3.8, 4) is 0 Å². The van der Waals surface area contributed by atoms with Gasteiger partial charge in [-0.1, -0.05) is 12.1 Å². The molecule has 120 valence electrons. The lowest BCUT2D eigenvalue weighted by Crippen LogP contribution is -2.23. The smallest absolute Gasteiger partial charge is 0.308 e. The third kappa shape index (κ3) is 4.93. The number of esters is 1. The van der Waals surface area contributed by atoms with Crippen LogP contribution in [0.2, 0.25) is 0 Å². The maximum Gasteiger partial charge on any atom is 0.308 e. The molecule has 0 aromatic heterocycles. The van der Waals surface area contributed by atoms with Crippen LogP contribution < -0.4 is 0 Å². The molecular weight excluding hydrogens is 283 g/mol. The van der Waals surface area contributed by atoms with Crippen LogP contribution in [0.4, 0.5) is 4.39 Å². The first-order chi connectivity index (χ1) is 10.6. The molecule has 1 saturated carbocycles. The first-order valence-corrected chi connectivity index (χ1v) is 7.92. The predicted molar refractivity (Wildman–Crippen MR) is 81.8 cm³/mol. The third-order valence-corrected chi connectivity index (χ3v) is 4.53. The van der Waals surface area contributed by atoms with E-state index in [0.29, 0.717) is 18.8 Å². The van der Waals surface area contributed by atoms with Crippen LogP contribution in [0.3, 0.4) is 0 Å². The maximum absolute atomic E-state index is 12.8. The molecule has 0 heterocycles. The van der Waals surface area contributed by atoms with Gasteiger partial charge >= 0.3 is 5.97 Å². The lowest BCUT2D eigenvalue weighted by atomic mass is 9.79. The largest absolute Gasteiger partial charge is 0.469 e. The molecule has 0 aliphatic heterocycles. The number of ether oxygens (including phenoxy) is 1. The number of carbonyl (C=O) groups excluding carboxylic acids is 2. The second-order valence-electron chi connectivity index (χ2n) is 6.12. The van der Waals surface area contributed by atoms with Gasteiger partial charge in [-0.3, -0.25) is 9.59 Å². The van der Waals surface area contributed by atoms with Crippen molar-refractivity contribution in [2.45, 2.75) is 44.9 Å². The summed E-state index contributed by atoms with van der Waals surface area (Å²) in [6.45, 7) is 0. The Kier molecular flexibility index (Phi) is 6.10. The van der Waals surface area contributed by atoms with Gasteiger partial charge in [-0.15, -0.1) is 0 Å². The Hall–Kier alpha value is -1.71. The molecule has 0 N–H and O–H groups in total. The minimum atomic E-state index is -0.279. The molecule has 22 heavy (non-hydrogen) atoms. The van der Waals surface area contributed by atoms with E-state index < -0.39 is 0 Å².